The summed E-state index contributed by atoms with van der Waals surface area (Å²) in [6.45, 7) is 0. The predicted molar refractivity (Wildman–Crippen MR) is 129 cm³/mol. The molecule has 2 N–H and O–H groups in total. The quantitative estimate of drug-likeness (QED) is 0.361. The number of hydrogen-bond acceptors (Lipinski definition) is 5. The second kappa shape index (κ2) is 9.30. The molecule has 0 saturated heterocycles. The van der Waals surface area contributed by atoms with Gasteiger partial charge < -0.3 is 20.1 Å². The lowest BCUT2D eigenvalue weighted by Crippen LogP contribution is -2.14. The van der Waals surface area contributed by atoms with E-state index in [1.165, 1.54) is 25.6 Å². The molecule has 4 rings (SSSR count). The maximum Gasteiger partial charge on any atom is 0.267 e. The summed E-state index contributed by atoms with van der Waals surface area (Å²) in [5.41, 5.74) is 1.31. The topological polar surface area (TPSA) is 76.7 Å². The fourth-order valence-corrected chi connectivity index (χ4v) is 4.63. The van der Waals surface area contributed by atoms with Crippen LogP contribution >= 0.6 is 22.9 Å². The largest absolute Gasteiger partial charge is 0.494 e. The molecule has 0 bridgehead atoms. The van der Waals surface area contributed by atoms with Gasteiger partial charge in [-0.25, -0.2) is 0 Å². The molecular weight excluding hydrogens is 448 g/mol. The number of fused-ring (bicyclic) bond motifs is 1. The van der Waals surface area contributed by atoms with Crippen molar-refractivity contribution >= 4 is 56.2 Å². The third kappa shape index (κ3) is 4.26. The normalized spacial score (nSPS) is 10.6. The van der Waals surface area contributed by atoms with Crippen LogP contribution < -0.4 is 20.1 Å². The predicted octanol–water partition coefficient (Wildman–Crippen LogP) is 6.08. The first-order valence-electron chi connectivity index (χ1n) is 9.62. The Morgan fingerprint density at radius 1 is 0.812 bits per heavy atom. The highest BCUT2D eigenvalue weighted by Crippen LogP contribution is 2.39. The fourth-order valence-electron chi connectivity index (χ4n) is 3.22. The Morgan fingerprint density at radius 2 is 1.38 bits per heavy atom. The second-order valence-corrected chi connectivity index (χ2v) is 8.20. The molecule has 0 spiro atoms. The number of anilines is 2. The average Bonchev–Trinajstić information content (AvgIpc) is 3.17. The van der Waals surface area contributed by atoms with E-state index in [1.807, 2.05) is 30.3 Å². The molecule has 1 heterocycles. The van der Waals surface area contributed by atoms with Gasteiger partial charge in [-0.2, -0.15) is 0 Å². The molecule has 0 fully saturated rings. The summed E-state index contributed by atoms with van der Waals surface area (Å²) in [5, 5.41) is 6.88. The summed E-state index contributed by atoms with van der Waals surface area (Å²) < 4.78 is 11.8. The molecule has 4 aromatic rings. The zero-order valence-electron chi connectivity index (χ0n) is 17.3. The second-order valence-electron chi connectivity index (χ2n) is 6.77. The number of benzene rings is 3. The van der Waals surface area contributed by atoms with Gasteiger partial charge in [0, 0.05) is 27.8 Å². The smallest absolute Gasteiger partial charge is 0.267 e. The number of nitrogens with one attached hydrogen (secondary N) is 2. The zero-order valence-corrected chi connectivity index (χ0v) is 18.8. The van der Waals surface area contributed by atoms with Gasteiger partial charge in [-0.1, -0.05) is 48.0 Å². The summed E-state index contributed by atoms with van der Waals surface area (Å²) in [4.78, 5) is 25.9. The van der Waals surface area contributed by atoms with Gasteiger partial charge in [0.25, 0.3) is 11.8 Å². The number of carbonyl (C=O) groups is 2. The van der Waals surface area contributed by atoms with Crippen LogP contribution in [0.1, 0.15) is 20.0 Å². The van der Waals surface area contributed by atoms with E-state index in [2.05, 4.69) is 10.6 Å². The first-order valence-corrected chi connectivity index (χ1v) is 10.8. The van der Waals surface area contributed by atoms with Crippen molar-refractivity contribution in [3.8, 4) is 11.5 Å². The van der Waals surface area contributed by atoms with Gasteiger partial charge in [-0.3, -0.25) is 9.59 Å². The average molecular weight is 467 g/mol. The van der Waals surface area contributed by atoms with E-state index in [4.69, 9.17) is 21.1 Å². The Kier molecular flexibility index (Phi) is 6.30. The van der Waals surface area contributed by atoms with Crippen LogP contribution in [0, 0.1) is 0 Å². The van der Waals surface area contributed by atoms with Crippen molar-refractivity contribution in [3.63, 3.8) is 0 Å². The Morgan fingerprint density at radius 3 is 1.97 bits per heavy atom. The molecular formula is C24H19ClN2O4S. The maximum absolute atomic E-state index is 13.0. The summed E-state index contributed by atoms with van der Waals surface area (Å²) >= 11 is 7.75. The Bertz CT molecular complexity index is 1300. The number of ether oxygens (including phenoxy) is 2. The minimum absolute atomic E-state index is 0.292. The molecule has 0 saturated carbocycles. The van der Waals surface area contributed by atoms with Crippen LogP contribution in [0.25, 0.3) is 10.1 Å². The number of methoxy groups -OCH3 is 2. The highest BCUT2D eigenvalue weighted by Gasteiger charge is 2.20. The van der Waals surface area contributed by atoms with Crippen molar-refractivity contribution in [2.75, 3.05) is 24.9 Å². The van der Waals surface area contributed by atoms with E-state index in [0.29, 0.717) is 38.3 Å². The summed E-state index contributed by atoms with van der Waals surface area (Å²) in [6.07, 6.45) is 0. The van der Waals surface area contributed by atoms with Crippen molar-refractivity contribution in [2.45, 2.75) is 0 Å². The Labute approximate surface area is 193 Å². The fraction of sp³-hybridized carbons (Fsp3) is 0.0833. The summed E-state index contributed by atoms with van der Waals surface area (Å²) in [7, 11) is 2.96. The van der Waals surface area contributed by atoms with Gasteiger partial charge in [0.2, 0.25) is 0 Å². The van der Waals surface area contributed by atoms with Gasteiger partial charge in [-0.15, -0.1) is 11.3 Å². The maximum atomic E-state index is 13.0. The number of carbonyl (C=O) groups excluding carboxylic acids is 2. The third-order valence-corrected chi connectivity index (χ3v) is 6.47. The van der Waals surface area contributed by atoms with Crippen LogP contribution in [0.3, 0.4) is 0 Å². The SMILES string of the molecule is COc1cc(NC(=O)c2sc3ccccc3c2Cl)c(OC)cc1NC(=O)c1ccccc1. The van der Waals surface area contributed by atoms with E-state index < -0.39 is 0 Å². The van der Waals surface area contributed by atoms with Crippen LogP contribution in [0.15, 0.2) is 66.7 Å². The minimum Gasteiger partial charge on any atom is -0.494 e. The number of rotatable bonds is 6. The van der Waals surface area contributed by atoms with Crippen molar-refractivity contribution in [3.05, 3.63) is 82.2 Å². The molecule has 6 nitrogen and oxygen atoms in total. The molecule has 0 aliphatic heterocycles. The van der Waals surface area contributed by atoms with Crippen molar-refractivity contribution in [1.82, 2.24) is 0 Å². The zero-order chi connectivity index (χ0) is 22.7. The van der Waals surface area contributed by atoms with Crippen LogP contribution in [-0.4, -0.2) is 26.0 Å². The molecule has 162 valence electrons. The molecule has 3 aromatic carbocycles. The Balaban J connectivity index is 1.63. The molecule has 0 aliphatic rings. The molecule has 8 heteroatoms. The van der Waals surface area contributed by atoms with Crippen molar-refractivity contribution in [2.24, 2.45) is 0 Å². The van der Waals surface area contributed by atoms with Gasteiger partial charge in [0.05, 0.1) is 30.6 Å². The van der Waals surface area contributed by atoms with Gasteiger partial charge in [-0.05, 0) is 18.2 Å². The lowest BCUT2D eigenvalue weighted by Gasteiger charge is -2.16. The molecule has 0 atom stereocenters. The highest BCUT2D eigenvalue weighted by molar-refractivity contribution is 7.21. The van der Waals surface area contributed by atoms with Crippen LogP contribution in [0.2, 0.25) is 5.02 Å². The Hall–Kier alpha value is -3.55. The molecule has 0 aliphatic carbocycles. The van der Waals surface area contributed by atoms with Gasteiger partial charge in [0.1, 0.15) is 16.4 Å². The van der Waals surface area contributed by atoms with Gasteiger partial charge >= 0.3 is 0 Å². The summed E-state index contributed by atoms with van der Waals surface area (Å²) in [5.74, 6) is 0.0741. The third-order valence-electron chi connectivity index (χ3n) is 4.80. The number of amides is 2. The molecule has 0 unspecified atom stereocenters. The number of thiophene rings is 1. The summed E-state index contributed by atoms with van der Waals surface area (Å²) in [6, 6.07) is 19.6. The van der Waals surface area contributed by atoms with Crippen molar-refractivity contribution < 1.29 is 19.1 Å². The van der Waals surface area contributed by atoms with E-state index in [9.17, 15) is 9.59 Å². The minimum atomic E-state index is -0.363. The van der Waals surface area contributed by atoms with Crippen molar-refractivity contribution in [1.29, 1.82) is 0 Å². The number of hydrogen-bond donors (Lipinski definition) is 2. The number of halogens is 1. The lowest BCUT2D eigenvalue weighted by atomic mass is 10.2. The highest BCUT2D eigenvalue weighted by atomic mass is 35.5. The first kappa shape index (κ1) is 21.7. The van der Waals surface area contributed by atoms with E-state index >= 15 is 0 Å². The van der Waals surface area contributed by atoms with E-state index in [-0.39, 0.29) is 11.8 Å². The lowest BCUT2D eigenvalue weighted by molar-refractivity contribution is 0.101. The first-order chi connectivity index (χ1) is 15.5. The molecule has 0 radical (unpaired) electrons. The molecule has 2 amide bonds. The molecule has 1 aromatic heterocycles. The van der Waals surface area contributed by atoms with Gasteiger partial charge in [0.15, 0.2) is 0 Å². The van der Waals surface area contributed by atoms with E-state index in [1.54, 1.807) is 36.4 Å². The standard InChI is InChI=1S/C24H19ClN2O4S/c1-30-18-13-17(27-24(29)22-21(25)15-10-6-7-11-20(15)32-22)19(31-2)12-16(18)26-23(28)14-8-4-3-5-9-14/h3-13H,1-2H3,(H,26,28)(H,27,29). The monoisotopic (exact) mass is 466 g/mol. The van der Waals surface area contributed by atoms with Crippen LogP contribution in [0.4, 0.5) is 11.4 Å². The van der Waals surface area contributed by atoms with Crippen LogP contribution in [-0.2, 0) is 0 Å². The molecule has 32 heavy (non-hydrogen) atoms. The van der Waals surface area contributed by atoms with E-state index in [0.717, 1.165) is 10.1 Å². The van der Waals surface area contributed by atoms with Crippen LogP contribution in [0.5, 0.6) is 11.5 Å².